The summed E-state index contributed by atoms with van der Waals surface area (Å²) in [5, 5.41) is 18.4. The minimum atomic E-state index is -2.73. The van der Waals surface area contributed by atoms with Gasteiger partial charge in [-0.3, -0.25) is 19.5 Å². The first-order valence-corrected chi connectivity index (χ1v) is 11.9. The molecule has 4 rings (SSSR count). The van der Waals surface area contributed by atoms with E-state index in [9.17, 15) is 27.6 Å². The number of aromatic nitrogens is 2. The van der Waals surface area contributed by atoms with Crippen molar-refractivity contribution in [3.8, 4) is 0 Å². The van der Waals surface area contributed by atoms with Crippen molar-refractivity contribution in [2.24, 2.45) is 4.99 Å². The molecule has 1 aromatic heterocycles. The lowest BCUT2D eigenvalue weighted by Gasteiger charge is -2.20. The number of carbonyl (C=O) groups excluding carboxylic acids is 3. The predicted octanol–water partition coefficient (Wildman–Crippen LogP) is 2.36. The molecule has 1 aliphatic rings. The highest BCUT2D eigenvalue weighted by Gasteiger charge is 2.22. The molecule has 0 fully saturated rings. The first-order valence-electron chi connectivity index (χ1n) is 11.9. The molecule has 206 valence electrons. The molecule has 0 bridgehead atoms. The number of nitrogens with zero attached hydrogens (tertiary/aromatic N) is 2. The molecule has 2 heterocycles. The molecule has 2 atom stereocenters. The van der Waals surface area contributed by atoms with Crippen LogP contribution < -0.4 is 21.3 Å². The second-order valence-corrected chi connectivity index (χ2v) is 8.70. The average Bonchev–Trinajstić information content (AvgIpc) is 3.41. The van der Waals surface area contributed by atoms with E-state index >= 15 is 0 Å². The summed E-state index contributed by atoms with van der Waals surface area (Å²) in [6, 6.07) is 7.47. The van der Waals surface area contributed by atoms with Gasteiger partial charge < -0.3 is 26.0 Å². The molecule has 0 spiro atoms. The summed E-state index contributed by atoms with van der Waals surface area (Å²) in [5.74, 6) is -1.55. The van der Waals surface area contributed by atoms with Crippen molar-refractivity contribution in [1.29, 1.82) is 0 Å². The molecule has 1 unspecified atom stereocenters. The van der Waals surface area contributed by atoms with Crippen LogP contribution in [0.3, 0.4) is 0 Å². The highest BCUT2D eigenvalue weighted by atomic mass is 19.3. The van der Waals surface area contributed by atoms with Gasteiger partial charge in [-0.1, -0.05) is 18.2 Å². The number of aliphatic imine (C=N–C) groups is 1. The third-order valence-electron chi connectivity index (χ3n) is 5.92. The predicted molar refractivity (Wildman–Crippen MR) is 136 cm³/mol. The van der Waals surface area contributed by atoms with Crippen LogP contribution in [0.25, 0.3) is 10.9 Å². The Labute approximate surface area is 220 Å². The van der Waals surface area contributed by atoms with Gasteiger partial charge in [0.25, 0.3) is 12.3 Å². The van der Waals surface area contributed by atoms with Gasteiger partial charge in [0.15, 0.2) is 5.96 Å². The summed E-state index contributed by atoms with van der Waals surface area (Å²) >= 11 is 0. The number of esters is 1. The number of aromatic amines is 1. The Kier molecular flexibility index (Phi) is 8.63. The standard InChI is InChI=1S/C25H26F3N7O4/c1-39-22(37)8-18(13-3-2-4-14(5-13)23(27)28)33-21(36)12-29-24(38)15-6-19(17-11-32-35-20(17)7-15)34-25-30-9-16(26)10-31-25/h2-7,11,16,18,23H,8-10,12H2,1H3,(H,29,38)(H,32,35)(H,33,36)(H2,30,31,34)/t18-/m0/s1. The van der Waals surface area contributed by atoms with E-state index in [1.54, 1.807) is 12.3 Å². The highest BCUT2D eigenvalue weighted by Crippen LogP contribution is 2.25. The van der Waals surface area contributed by atoms with Crippen molar-refractivity contribution in [3.63, 3.8) is 0 Å². The number of benzene rings is 2. The number of methoxy groups -OCH3 is 1. The Morgan fingerprint density at radius 2 is 1.97 bits per heavy atom. The molecule has 0 saturated heterocycles. The molecule has 5 N–H and O–H groups in total. The van der Waals surface area contributed by atoms with Gasteiger partial charge in [0, 0.05) is 16.5 Å². The molecule has 14 heteroatoms. The number of halogens is 3. The largest absolute Gasteiger partial charge is 0.469 e. The maximum absolute atomic E-state index is 13.4. The second-order valence-electron chi connectivity index (χ2n) is 8.70. The normalized spacial score (nSPS) is 15.7. The van der Waals surface area contributed by atoms with E-state index in [1.807, 2.05) is 0 Å². The topological polar surface area (TPSA) is 150 Å². The zero-order valence-corrected chi connectivity index (χ0v) is 20.8. The number of amides is 2. The zero-order chi connectivity index (χ0) is 27.9. The second kappa shape index (κ2) is 12.3. The minimum Gasteiger partial charge on any atom is -0.469 e. The van der Waals surface area contributed by atoms with E-state index in [0.29, 0.717) is 22.5 Å². The van der Waals surface area contributed by atoms with E-state index in [2.05, 4.69) is 41.2 Å². The Morgan fingerprint density at radius 3 is 2.69 bits per heavy atom. The summed E-state index contributed by atoms with van der Waals surface area (Å²) in [4.78, 5) is 41.5. The summed E-state index contributed by atoms with van der Waals surface area (Å²) < 4.78 is 44.4. The van der Waals surface area contributed by atoms with Gasteiger partial charge in [0.2, 0.25) is 5.91 Å². The fourth-order valence-corrected chi connectivity index (χ4v) is 3.94. The number of carbonyl (C=O) groups is 3. The van der Waals surface area contributed by atoms with Gasteiger partial charge in [-0.15, -0.1) is 0 Å². The van der Waals surface area contributed by atoms with E-state index in [1.165, 1.54) is 37.4 Å². The van der Waals surface area contributed by atoms with Gasteiger partial charge in [0.1, 0.15) is 6.17 Å². The van der Waals surface area contributed by atoms with Crippen LogP contribution in [-0.4, -0.2) is 66.9 Å². The number of alkyl halides is 3. The number of anilines is 1. The van der Waals surface area contributed by atoms with Crippen molar-refractivity contribution in [2.75, 3.05) is 32.1 Å². The first-order chi connectivity index (χ1) is 18.7. The molecule has 0 aliphatic carbocycles. The molecular weight excluding hydrogens is 519 g/mol. The van der Waals surface area contributed by atoms with Crippen LogP contribution in [0.4, 0.5) is 18.9 Å². The van der Waals surface area contributed by atoms with Crippen molar-refractivity contribution >= 4 is 40.3 Å². The van der Waals surface area contributed by atoms with Crippen LogP contribution in [0.1, 0.15) is 40.4 Å². The Balaban J connectivity index is 1.44. The fraction of sp³-hybridized carbons (Fsp3) is 0.320. The number of guanidine groups is 1. The molecule has 3 aromatic rings. The van der Waals surface area contributed by atoms with Crippen LogP contribution >= 0.6 is 0 Å². The average molecular weight is 546 g/mol. The SMILES string of the molecule is COC(=O)C[C@H](NC(=O)CNC(=O)c1cc(NC2=NCC(F)CN2)c2cn[nH]c2c1)c1cccc(C(F)F)c1. The van der Waals surface area contributed by atoms with Crippen LogP contribution in [0.5, 0.6) is 0 Å². The molecule has 1 aliphatic heterocycles. The number of rotatable bonds is 9. The van der Waals surface area contributed by atoms with Gasteiger partial charge in [-0.25, -0.2) is 18.2 Å². The Morgan fingerprint density at radius 1 is 1.18 bits per heavy atom. The van der Waals surface area contributed by atoms with E-state index in [0.717, 1.165) is 0 Å². The van der Waals surface area contributed by atoms with Crippen LogP contribution in [0.2, 0.25) is 0 Å². The lowest BCUT2D eigenvalue weighted by Crippen LogP contribution is -2.41. The van der Waals surface area contributed by atoms with Gasteiger partial charge >= 0.3 is 5.97 Å². The molecule has 2 amide bonds. The van der Waals surface area contributed by atoms with Crippen molar-refractivity contribution in [3.05, 3.63) is 59.3 Å². The third kappa shape index (κ3) is 7.03. The molecule has 39 heavy (non-hydrogen) atoms. The van der Waals surface area contributed by atoms with Crippen molar-refractivity contribution < 1.29 is 32.3 Å². The van der Waals surface area contributed by atoms with E-state index < -0.39 is 43.0 Å². The maximum atomic E-state index is 13.4. The van der Waals surface area contributed by atoms with E-state index in [-0.39, 0.29) is 36.2 Å². The van der Waals surface area contributed by atoms with Crippen LogP contribution in [0.15, 0.2) is 47.6 Å². The molecule has 0 saturated carbocycles. The Hall–Kier alpha value is -4.62. The minimum absolute atomic E-state index is 0.00253. The molecular formula is C25H26F3N7O4. The summed E-state index contributed by atoms with van der Waals surface area (Å²) in [6.45, 7) is -0.359. The number of hydrogen-bond acceptors (Lipinski definition) is 8. The van der Waals surface area contributed by atoms with Crippen LogP contribution in [-0.2, 0) is 14.3 Å². The quantitative estimate of drug-likeness (QED) is 0.259. The van der Waals surface area contributed by atoms with Gasteiger partial charge in [0.05, 0.1) is 56.6 Å². The maximum Gasteiger partial charge on any atom is 0.307 e. The number of nitrogens with one attached hydrogen (secondary N) is 5. The number of ether oxygens (including phenoxy) is 1. The number of fused-ring (bicyclic) bond motifs is 1. The smallest absolute Gasteiger partial charge is 0.307 e. The van der Waals surface area contributed by atoms with Crippen molar-refractivity contribution in [1.82, 2.24) is 26.1 Å². The van der Waals surface area contributed by atoms with E-state index in [4.69, 9.17) is 0 Å². The molecule has 11 nitrogen and oxygen atoms in total. The molecule has 2 aromatic carbocycles. The fourth-order valence-electron chi connectivity index (χ4n) is 3.94. The van der Waals surface area contributed by atoms with Gasteiger partial charge in [-0.05, 0) is 23.8 Å². The van der Waals surface area contributed by atoms with Crippen LogP contribution in [0, 0.1) is 0 Å². The number of hydrogen-bond donors (Lipinski definition) is 5. The zero-order valence-electron chi connectivity index (χ0n) is 20.8. The van der Waals surface area contributed by atoms with Gasteiger partial charge in [-0.2, -0.15) is 5.10 Å². The molecule has 0 radical (unpaired) electrons. The summed E-state index contributed by atoms with van der Waals surface area (Å²) in [7, 11) is 1.17. The lowest BCUT2D eigenvalue weighted by molar-refractivity contribution is -0.141. The highest BCUT2D eigenvalue weighted by molar-refractivity contribution is 6.07. The Bertz CT molecular complexity index is 1390. The lowest BCUT2D eigenvalue weighted by atomic mass is 10.0. The summed E-state index contributed by atoms with van der Waals surface area (Å²) in [5.41, 5.74) is 1.24. The monoisotopic (exact) mass is 545 g/mol. The van der Waals surface area contributed by atoms with Crippen molar-refractivity contribution in [2.45, 2.75) is 25.1 Å². The third-order valence-corrected chi connectivity index (χ3v) is 5.92. The number of H-pyrrole nitrogens is 1. The summed E-state index contributed by atoms with van der Waals surface area (Å²) in [6.07, 6.45) is -2.56. The first kappa shape index (κ1) is 27.4.